The Balaban J connectivity index is 1.72. The van der Waals surface area contributed by atoms with Crippen LogP contribution in [0, 0.1) is 45.9 Å². The molecule has 0 atom stereocenters. The molecule has 192 valence electrons. The lowest BCUT2D eigenvalue weighted by atomic mass is 9.89. The van der Waals surface area contributed by atoms with Gasteiger partial charge >= 0.3 is 0 Å². The Hall–Kier alpha value is -3.27. The van der Waals surface area contributed by atoms with Crippen LogP contribution >= 0.6 is 31.9 Å². The maximum Gasteiger partial charge on any atom is 0.139 e. The van der Waals surface area contributed by atoms with Gasteiger partial charge in [-0.05, 0) is 136 Å². The van der Waals surface area contributed by atoms with E-state index < -0.39 is 0 Å². The highest BCUT2D eigenvalue weighted by Gasteiger charge is 2.36. The third kappa shape index (κ3) is 4.48. The first-order valence-corrected chi connectivity index (χ1v) is 14.2. The summed E-state index contributed by atoms with van der Waals surface area (Å²) in [5, 5.41) is 13.0. The molecule has 3 aromatic carbocycles. The van der Waals surface area contributed by atoms with Crippen molar-refractivity contribution in [3.63, 3.8) is 0 Å². The van der Waals surface area contributed by atoms with Gasteiger partial charge in [0.15, 0.2) is 0 Å². The van der Waals surface area contributed by atoms with Gasteiger partial charge in [0.2, 0.25) is 0 Å². The average molecular weight is 630 g/mol. The summed E-state index contributed by atoms with van der Waals surface area (Å²) in [6, 6.07) is 18.7. The van der Waals surface area contributed by atoms with Gasteiger partial charge in [0.1, 0.15) is 5.82 Å². The van der Waals surface area contributed by atoms with Gasteiger partial charge in [0.25, 0.3) is 0 Å². The Labute approximate surface area is 242 Å². The Morgan fingerprint density at radius 1 is 0.789 bits per heavy atom. The van der Waals surface area contributed by atoms with Crippen LogP contribution in [0.15, 0.2) is 81.3 Å². The summed E-state index contributed by atoms with van der Waals surface area (Å²) in [4.78, 5) is 4.78. The maximum absolute atomic E-state index is 9.51. The van der Waals surface area contributed by atoms with Gasteiger partial charge in [-0.3, -0.25) is 0 Å². The van der Waals surface area contributed by atoms with Crippen molar-refractivity contribution in [1.82, 2.24) is 5.32 Å². The molecular formula is C32H30Br2N4. The number of nitrogens with zero attached hydrogens (tertiary/aromatic N) is 3. The summed E-state index contributed by atoms with van der Waals surface area (Å²) >= 11 is 7.57. The third-order valence-corrected chi connectivity index (χ3v) is 9.97. The van der Waals surface area contributed by atoms with Gasteiger partial charge in [0.05, 0.1) is 39.7 Å². The molecule has 0 aliphatic carbocycles. The molecular weight excluding hydrogens is 600 g/mol. The zero-order valence-corrected chi connectivity index (χ0v) is 25.5. The SMILES string of the molecule is Cc1c(C)c(C)c(CN2C(=C3NC=CC(Br)=C3Br)N(Cc3cccc(C#N)c3)c3ccccc32)c(C)c1C. The van der Waals surface area contributed by atoms with Crippen LogP contribution in [0.5, 0.6) is 0 Å². The molecule has 5 rings (SSSR count). The van der Waals surface area contributed by atoms with Crippen molar-refractivity contribution >= 4 is 43.2 Å². The number of allylic oxidation sites excluding steroid dienone is 3. The van der Waals surface area contributed by atoms with E-state index in [9.17, 15) is 5.26 Å². The Morgan fingerprint density at radius 3 is 2.03 bits per heavy atom. The molecule has 2 aliphatic rings. The van der Waals surface area contributed by atoms with E-state index in [2.05, 4.69) is 118 Å². The molecule has 0 aromatic heterocycles. The van der Waals surface area contributed by atoms with Crippen LogP contribution < -0.4 is 15.1 Å². The van der Waals surface area contributed by atoms with E-state index in [1.165, 1.54) is 33.4 Å². The maximum atomic E-state index is 9.51. The summed E-state index contributed by atoms with van der Waals surface area (Å²) in [5.74, 6) is 1.07. The fourth-order valence-electron chi connectivity index (χ4n) is 5.40. The van der Waals surface area contributed by atoms with Crippen LogP contribution in [0.4, 0.5) is 11.4 Å². The Morgan fingerprint density at radius 2 is 1.39 bits per heavy atom. The topological polar surface area (TPSA) is 42.3 Å². The van der Waals surface area contributed by atoms with E-state index >= 15 is 0 Å². The van der Waals surface area contributed by atoms with Crippen LogP contribution in [-0.4, -0.2) is 0 Å². The number of anilines is 2. The zero-order valence-electron chi connectivity index (χ0n) is 22.3. The number of benzene rings is 3. The second kappa shape index (κ2) is 10.5. The number of hydrogen-bond donors (Lipinski definition) is 1. The minimum atomic E-state index is 0.634. The number of hydrogen-bond acceptors (Lipinski definition) is 4. The van der Waals surface area contributed by atoms with E-state index in [1.807, 2.05) is 30.5 Å². The smallest absolute Gasteiger partial charge is 0.139 e. The monoisotopic (exact) mass is 628 g/mol. The minimum absolute atomic E-state index is 0.634. The largest absolute Gasteiger partial charge is 0.358 e. The average Bonchev–Trinajstić information content (AvgIpc) is 3.23. The predicted octanol–water partition coefficient (Wildman–Crippen LogP) is 8.41. The molecule has 0 saturated carbocycles. The van der Waals surface area contributed by atoms with Gasteiger partial charge in [-0.15, -0.1) is 0 Å². The lowest BCUT2D eigenvalue weighted by Crippen LogP contribution is -2.33. The lowest BCUT2D eigenvalue weighted by molar-refractivity contribution is 0.818. The predicted molar refractivity (Wildman–Crippen MR) is 164 cm³/mol. The molecule has 0 amide bonds. The van der Waals surface area contributed by atoms with Gasteiger partial charge in [-0.25, -0.2) is 0 Å². The molecule has 4 nitrogen and oxygen atoms in total. The Kier molecular flexibility index (Phi) is 7.26. The molecule has 2 heterocycles. The van der Waals surface area contributed by atoms with Crippen LogP contribution in [0.1, 0.15) is 44.5 Å². The number of dihydropyridines is 1. The molecule has 0 spiro atoms. The fraction of sp³-hybridized carbons (Fsp3) is 0.219. The second-order valence-electron chi connectivity index (χ2n) is 9.91. The zero-order chi connectivity index (χ0) is 27.1. The first-order chi connectivity index (χ1) is 18.2. The van der Waals surface area contributed by atoms with Gasteiger partial charge in [-0.1, -0.05) is 24.3 Å². The highest BCUT2D eigenvalue weighted by molar-refractivity contribution is 9.14. The number of rotatable bonds is 4. The quantitative estimate of drug-likeness (QED) is 0.315. The molecule has 0 saturated heterocycles. The third-order valence-electron chi connectivity index (χ3n) is 7.95. The van der Waals surface area contributed by atoms with Crippen molar-refractivity contribution in [2.24, 2.45) is 0 Å². The highest BCUT2D eigenvalue weighted by Crippen LogP contribution is 2.47. The van der Waals surface area contributed by atoms with Crippen LogP contribution in [0.25, 0.3) is 0 Å². The van der Waals surface area contributed by atoms with Gasteiger partial charge < -0.3 is 15.1 Å². The Bertz CT molecular complexity index is 1560. The summed E-state index contributed by atoms with van der Waals surface area (Å²) < 4.78 is 1.95. The number of fused-ring (bicyclic) bond motifs is 1. The molecule has 0 fully saturated rings. The standard InChI is InChI=1S/C32H30Br2N4/c1-19-20(2)22(4)26(23(5)21(19)3)18-38-29-12-7-6-11-28(29)37(17-25-10-8-9-24(15-25)16-35)32(38)31-30(34)27(33)13-14-36-31/h6-15,36H,17-18H2,1-5H3. The number of halogens is 2. The highest BCUT2D eigenvalue weighted by atomic mass is 79.9. The van der Waals surface area contributed by atoms with E-state index in [1.54, 1.807) is 0 Å². The molecule has 0 bridgehead atoms. The van der Waals surface area contributed by atoms with Crippen molar-refractivity contribution in [1.29, 1.82) is 5.26 Å². The van der Waals surface area contributed by atoms with Crippen LogP contribution in [0.3, 0.4) is 0 Å². The van der Waals surface area contributed by atoms with Crippen LogP contribution in [-0.2, 0) is 13.1 Å². The molecule has 2 aliphatic heterocycles. The number of nitriles is 1. The van der Waals surface area contributed by atoms with Crippen molar-refractivity contribution in [3.8, 4) is 6.07 Å². The normalized spacial score (nSPS) is 16.6. The first-order valence-electron chi connectivity index (χ1n) is 12.6. The van der Waals surface area contributed by atoms with Crippen molar-refractivity contribution in [3.05, 3.63) is 126 Å². The van der Waals surface area contributed by atoms with Crippen molar-refractivity contribution in [2.75, 3.05) is 9.80 Å². The summed E-state index contributed by atoms with van der Waals surface area (Å²) in [7, 11) is 0. The molecule has 38 heavy (non-hydrogen) atoms. The summed E-state index contributed by atoms with van der Waals surface area (Å²) in [6.07, 6.45) is 3.96. The molecule has 0 radical (unpaired) electrons. The lowest BCUT2D eigenvalue weighted by Gasteiger charge is -2.31. The van der Waals surface area contributed by atoms with E-state index in [4.69, 9.17) is 0 Å². The number of para-hydroxylation sites is 2. The summed E-state index contributed by atoms with van der Waals surface area (Å²) in [6.45, 7) is 12.6. The van der Waals surface area contributed by atoms with Gasteiger partial charge in [0, 0.05) is 17.2 Å². The first kappa shape index (κ1) is 26.3. The number of nitrogens with one attached hydrogen (secondary N) is 1. The van der Waals surface area contributed by atoms with Crippen molar-refractivity contribution < 1.29 is 0 Å². The molecule has 0 unspecified atom stereocenters. The minimum Gasteiger partial charge on any atom is -0.358 e. The summed E-state index contributed by atoms with van der Waals surface area (Å²) in [5.41, 5.74) is 13.2. The van der Waals surface area contributed by atoms with Crippen molar-refractivity contribution in [2.45, 2.75) is 47.7 Å². The van der Waals surface area contributed by atoms with Crippen LogP contribution in [0.2, 0.25) is 0 Å². The fourth-order valence-corrected chi connectivity index (χ4v) is 6.15. The second-order valence-corrected chi connectivity index (χ2v) is 11.6. The van der Waals surface area contributed by atoms with E-state index in [-0.39, 0.29) is 0 Å². The van der Waals surface area contributed by atoms with Gasteiger partial charge in [-0.2, -0.15) is 5.26 Å². The van der Waals surface area contributed by atoms with E-state index in [0.717, 1.165) is 44.0 Å². The molecule has 1 N–H and O–H groups in total. The molecule has 3 aromatic rings. The molecule has 6 heteroatoms. The van der Waals surface area contributed by atoms with E-state index in [0.29, 0.717) is 12.1 Å².